The quantitative estimate of drug-likeness (QED) is 0.116. The van der Waals surface area contributed by atoms with Crippen molar-refractivity contribution in [3.05, 3.63) is 71.8 Å². The predicted molar refractivity (Wildman–Crippen MR) is 200 cm³/mol. The molecule has 0 aliphatic heterocycles. The van der Waals surface area contributed by atoms with E-state index in [4.69, 9.17) is 0 Å². The molecule has 0 saturated heterocycles. The second kappa shape index (κ2) is 21.1. The van der Waals surface area contributed by atoms with Gasteiger partial charge in [0.1, 0.15) is 18.1 Å². The molecule has 1 aliphatic rings. The molecule has 5 N–H and O–H groups in total. The molecule has 3 rings (SSSR count). The maximum absolute atomic E-state index is 14.0. The molecule has 2 aromatic carbocycles. The number of hydrogen-bond donors (Lipinski definition) is 5. The molecule has 5 atom stereocenters. The maximum Gasteiger partial charge on any atom is 0.374 e. The first-order valence-corrected chi connectivity index (χ1v) is 18.9. The van der Waals surface area contributed by atoms with Gasteiger partial charge in [0.25, 0.3) is 5.78 Å². The van der Waals surface area contributed by atoms with E-state index in [1.165, 1.54) is 0 Å². The van der Waals surface area contributed by atoms with Crippen molar-refractivity contribution in [3.63, 3.8) is 0 Å². The second-order valence-corrected chi connectivity index (χ2v) is 14.6. The molecular weight excluding hydrogens is 660 g/mol. The van der Waals surface area contributed by atoms with Crippen LogP contribution < -0.4 is 21.3 Å². The normalized spacial score (nSPS) is 16.2. The molecule has 1 aliphatic carbocycles. The molecule has 0 heterocycles. The lowest BCUT2D eigenvalue weighted by Gasteiger charge is -2.31. The third-order valence-electron chi connectivity index (χ3n) is 10.1. The average Bonchev–Trinajstić information content (AvgIpc) is 3.14. The first-order valence-electron chi connectivity index (χ1n) is 18.9. The van der Waals surface area contributed by atoms with Crippen LogP contribution in [0, 0.1) is 17.8 Å². The number of nitrogens with one attached hydrogen (secondary N) is 4. The molecule has 11 heteroatoms. The Kier molecular flexibility index (Phi) is 17.0. The van der Waals surface area contributed by atoms with Crippen LogP contribution in [-0.2, 0) is 28.8 Å². The lowest BCUT2D eigenvalue weighted by Crippen LogP contribution is -2.59. The average molecular weight is 719 g/mol. The van der Waals surface area contributed by atoms with Gasteiger partial charge >= 0.3 is 5.97 Å². The van der Waals surface area contributed by atoms with E-state index in [-0.39, 0.29) is 42.4 Å². The summed E-state index contributed by atoms with van der Waals surface area (Å²) in [6, 6.07) is 15.3. The van der Waals surface area contributed by atoms with E-state index in [9.17, 15) is 33.9 Å². The van der Waals surface area contributed by atoms with Crippen LogP contribution in [-0.4, -0.2) is 64.7 Å². The number of rotatable bonds is 20. The van der Waals surface area contributed by atoms with E-state index in [2.05, 4.69) is 21.3 Å². The lowest BCUT2D eigenvalue weighted by atomic mass is 9.84. The number of carboxylic acid groups (broad SMARTS) is 1. The Balaban J connectivity index is 1.80. The van der Waals surface area contributed by atoms with Gasteiger partial charge in [-0.25, -0.2) is 4.79 Å². The summed E-state index contributed by atoms with van der Waals surface area (Å²) in [5.74, 6) is -5.08. The Morgan fingerprint density at radius 1 is 0.673 bits per heavy atom. The maximum atomic E-state index is 14.0. The van der Waals surface area contributed by atoms with Crippen LogP contribution in [0.2, 0.25) is 0 Å². The minimum absolute atomic E-state index is 0.0505. The van der Waals surface area contributed by atoms with Crippen molar-refractivity contribution >= 4 is 35.4 Å². The molecule has 1 fully saturated rings. The summed E-state index contributed by atoms with van der Waals surface area (Å²) in [7, 11) is 0. The van der Waals surface area contributed by atoms with Gasteiger partial charge in [-0.15, -0.1) is 0 Å². The zero-order chi connectivity index (χ0) is 38.2. The smallest absolute Gasteiger partial charge is 0.374 e. The zero-order valence-electron chi connectivity index (χ0n) is 31.4. The van der Waals surface area contributed by atoms with Gasteiger partial charge in [0, 0.05) is 12.3 Å². The summed E-state index contributed by atoms with van der Waals surface area (Å²) in [5, 5.41) is 20.5. The fraction of sp³-hybridized carbons (Fsp3) is 0.561. The number of carboxylic acids is 1. The SMILES string of the molecule is CC[C@H](NC(=O)[C@H](CC1CCCCC1)NC(=O)[C@@H](NC(=O)[C@H](CC(C)C)NC(=O)CC(c1ccccc1)c1ccccc1)[C@H](C)CC)C(=O)C(=O)O. The number of carbonyl (C=O) groups excluding carboxylic acids is 5. The number of Topliss-reactive ketones (excluding diaryl/α,β-unsaturated/α-hetero) is 1. The van der Waals surface area contributed by atoms with Gasteiger partial charge in [0.15, 0.2) is 0 Å². The van der Waals surface area contributed by atoms with E-state index < -0.39 is 53.6 Å². The summed E-state index contributed by atoms with van der Waals surface area (Å²) in [4.78, 5) is 78.8. The van der Waals surface area contributed by atoms with E-state index >= 15 is 0 Å². The second-order valence-electron chi connectivity index (χ2n) is 14.6. The van der Waals surface area contributed by atoms with Gasteiger partial charge in [-0.3, -0.25) is 24.0 Å². The lowest BCUT2D eigenvalue weighted by molar-refractivity contribution is -0.150. The third kappa shape index (κ3) is 12.9. The van der Waals surface area contributed by atoms with E-state index in [0.717, 1.165) is 43.2 Å². The molecule has 52 heavy (non-hydrogen) atoms. The molecular formula is C41H58N4O7. The van der Waals surface area contributed by atoms with Gasteiger partial charge in [-0.05, 0) is 48.1 Å². The fourth-order valence-electron chi connectivity index (χ4n) is 6.92. The van der Waals surface area contributed by atoms with Gasteiger partial charge in [0.2, 0.25) is 23.6 Å². The molecule has 0 radical (unpaired) electrons. The standard InChI is InChI=1S/C41H58N4O7/c1-6-27(5)36(40(50)44-34(24-28-17-11-8-12-18-28)38(48)43-32(7-2)37(47)41(51)52)45-39(49)33(23-26(3)4)42-35(46)25-31(29-19-13-9-14-20-29)30-21-15-10-16-22-30/h9-10,13-16,19-22,26-28,31-34,36H,6-8,11-12,17-18,23-25H2,1-5H3,(H,42,46)(H,43,48)(H,44,50)(H,45,49)(H,51,52)/t27-,32+,33+,34+,36+/m1/s1. The first-order chi connectivity index (χ1) is 24.8. The Morgan fingerprint density at radius 3 is 1.71 bits per heavy atom. The molecule has 284 valence electrons. The van der Waals surface area contributed by atoms with Crippen molar-refractivity contribution < 1.29 is 33.9 Å². The van der Waals surface area contributed by atoms with E-state index in [1.54, 1.807) is 6.92 Å². The summed E-state index contributed by atoms with van der Waals surface area (Å²) in [5.41, 5.74) is 1.96. The highest BCUT2D eigenvalue weighted by Crippen LogP contribution is 2.29. The molecule has 1 saturated carbocycles. The van der Waals surface area contributed by atoms with Crippen molar-refractivity contribution in [2.75, 3.05) is 0 Å². The van der Waals surface area contributed by atoms with Gasteiger partial charge in [-0.2, -0.15) is 0 Å². The molecule has 0 bridgehead atoms. The zero-order valence-corrected chi connectivity index (χ0v) is 31.4. The number of carbonyl (C=O) groups is 6. The topological polar surface area (TPSA) is 171 Å². The van der Waals surface area contributed by atoms with Crippen LogP contribution in [0.5, 0.6) is 0 Å². The van der Waals surface area contributed by atoms with Crippen molar-refractivity contribution in [3.8, 4) is 0 Å². The number of benzene rings is 2. The van der Waals surface area contributed by atoms with Crippen molar-refractivity contribution in [1.82, 2.24) is 21.3 Å². The molecule has 0 unspecified atom stereocenters. The molecule has 0 spiro atoms. The van der Waals surface area contributed by atoms with Crippen LogP contribution >= 0.6 is 0 Å². The first kappa shape index (κ1) is 41.9. The van der Waals surface area contributed by atoms with Crippen LogP contribution in [0.3, 0.4) is 0 Å². The Hall–Kier alpha value is -4.54. The Bertz CT molecular complexity index is 1440. The van der Waals surface area contributed by atoms with Gasteiger partial charge in [0.05, 0.1) is 6.04 Å². The van der Waals surface area contributed by atoms with Gasteiger partial charge < -0.3 is 26.4 Å². The monoisotopic (exact) mass is 718 g/mol. The summed E-state index contributed by atoms with van der Waals surface area (Å²) in [6.07, 6.45) is 6.30. The summed E-state index contributed by atoms with van der Waals surface area (Å²) >= 11 is 0. The largest absolute Gasteiger partial charge is 0.475 e. The number of hydrogen-bond acceptors (Lipinski definition) is 6. The van der Waals surface area contributed by atoms with Crippen molar-refractivity contribution in [2.24, 2.45) is 17.8 Å². The summed E-state index contributed by atoms with van der Waals surface area (Å²) in [6.45, 7) is 9.24. The number of amides is 4. The molecule has 0 aromatic heterocycles. The number of ketones is 1. The molecule has 11 nitrogen and oxygen atoms in total. The number of aliphatic carboxylic acids is 1. The minimum atomic E-state index is -1.64. The highest BCUT2D eigenvalue weighted by atomic mass is 16.4. The Morgan fingerprint density at radius 2 is 1.21 bits per heavy atom. The van der Waals surface area contributed by atoms with E-state index in [1.807, 2.05) is 88.4 Å². The third-order valence-corrected chi connectivity index (χ3v) is 10.1. The van der Waals surface area contributed by atoms with Crippen LogP contribution in [0.1, 0.15) is 116 Å². The minimum Gasteiger partial charge on any atom is -0.475 e. The van der Waals surface area contributed by atoms with Crippen LogP contribution in [0.4, 0.5) is 0 Å². The van der Waals surface area contributed by atoms with Crippen molar-refractivity contribution in [1.29, 1.82) is 0 Å². The predicted octanol–water partition coefficient (Wildman–Crippen LogP) is 5.27. The van der Waals surface area contributed by atoms with Crippen LogP contribution in [0.25, 0.3) is 0 Å². The molecule has 4 amide bonds. The van der Waals surface area contributed by atoms with Crippen LogP contribution in [0.15, 0.2) is 60.7 Å². The summed E-state index contributed by atoms with van der Waals surface area (Å²) < 4.78 is 0. The highest BCUT2D eigenvalue weighted by molar-refractivity contribution is 6.35. The highest BCUT2D eigenvalue weighted by Gasteiger charge is 2.35. The van der Waals surface area contributed by atoms with Crippen molar-refractivity contribution in [2.45, 2.75) is 129 Å². The fourth-order valence-corrected chi connectivity index (χ4v) is 6.92. The van der Waals surface area contributed by atoms with E-state index in [0.29, 0.717) is 19.3 Å². The Labute approximate surface area is 308 Å². The molecule has 2 aromatic rings. The van der Waals surface area contributed by atoms with Gasteiger partial charge in [-0.1, -0.05) is 134 Å².